The highest BCUT2D eigenvalue weighted by molar-refractivity contribution is 5.38. The van der Waals surface area contributed by atoms with Gasteiger partial charge in [-0.2, -0.15) is 0 Å². The van der Waals surface area contributed by atoms with Crippen molar-refractivity contribution in [3.63, 3.8) is 0 Å². The molecule has 4 nitrogen and oxygen atoms in total. The number of nitrogens with zero attached hydrogens (tertiary/aromatic N) is 1. The summed E-state index contributed by atoms with van der Waals surface area (Å²) in [6, 6.07) is 0.767. The monoisotopic (exact) mass is 241 g/mol. The Morgan fingerprint density at radius 2 is 2.00 bits per heavy atom. The van der Waals surface area contributed by atoms with Crippen molar-refractivity contribution in [2.75, 3.05) is 0 Å². The normalized spacial score (nSPS) is 11.6. The zero-order valence-corrected chi connectivity index (χ0v) is 7.75. The molecule has 0 aliphatic rings. The first-order valence-electron chi connectivity index (χ1n) is 4.01. The van der Waals surface area contributed by atoms with E-state index >= 15 is 0 Å². The minimum atomic E-state index is -5.03. The quantitative estimate of drug-likeness (QED) is 0.790. The fraction of sp³-hybridized carbons (Fsp3) is 0.375. The van der Waals surface area contributed by atoms with Gasteiger partial charge in [-0.15, -0.1) is 13.2 Å². The largest absolute Gasteiger partial charge is 0.574 e. The number of aromatic nitrogens is 1. The van der Waals surface area contributed by atoms with Crippen LogP contribution in [0.1, 0.15) is 11.3 Å². The van der Waals surface area contributed by atoms with Crippen LogP contribution in [0.15, 0.2) is 6.07 Å². The summed E-state index contributed by atoms with van der Waals surface area (Å²) in [4.78, 5) is 3.12. The first-order valence-corrected chi connectivity index (χ1v) is 4.01. The highest BCUT2D eigenvalue weighted by Gasteiger charge is 2.33. The minimum absolute atomic E-state index is 0.102. The Hall–Kier alpha value is -1.57. The van der Waals surface area contributed by atoms with E-state index in [9.17, 15) is 17.6 Å². The Kier molecular flexibility index (Phi) is 3.53. The average Bonchev–Trinajstić information content (AvgIpc) is 2.18. The van der Waals surface area contributed by atoms with E-state index in [4.69, 9.17) is 10.2 Å². The number of halogens is 4. The molecule has 0 atom stereocenters. The number of aliphatic hydroxyl groups excluding tert-OH is 1. The first kappa shape index (κ1) is 12.5. The van der Waals surface area contributed by atoms with Crippen molar-refractivity contribution >= 4 is 0 Å². The van der Waals surface area contributed by atoms with Crippen LogP contribution in [0.5, 0.6) is 11.6 Å². The molecule has 8 heteroatoms. The number of aromatic hydroxyl groups is 1. The third-order valence-electron chi connectivity index (χ3n) is 1.65. The second-order valence-electron chi connectivity index (χ2n) is 2.76. The maximum absolute atomic E-state index is 12.3. The number of pyridine rings is 1. The van der Waals surface area contributed by atoms with E-state index in [1.807, 2.05) is 0 Å². The molecule has 16 heavy (non-hydrogen) atoms. The lowest BCUT2D eigenvalue weighted by Crippen LogP contribution is -2.18. The fourth-order valence-corrected chi connectivity index (χ4v) is 0.999. The van der Waals surface area contributed by atoms with E-state index in [2.05, 4.69) is 9.72 Å². The molecule has 0 saturated carbocycles. The van der Waals surface area contributed by atoms with Crippen LogP contribution in [0, 0.1) is 0 Å². The fourth-order valence-electron chi connectivity index (χ4n) is 0.999. The van der Waals surface area contributed by atoms with Gasteiger partial charge in [-0.3, -0.25) is 0 Å². The van der Waals surface area contributed by atoms with E-state index in [-0.39, 0.29) is 5.56 Å². The summed E-state index contributed by atoms with van der Waals surface area (Å²) in [5.74, 6) is -2.06. The highest BCUT2D eigenvalue weighted by atomic mass is 19.4. The minimum Gasteiger partial charge on any atom is -0.503 e. The molecule has 0 unspecified atom stereocenters. The van der Waals surface area contributed by atoms with E-state index in [1.54, 1.807) is 0 Å². The van der Waals surface area contributed by atoms with Crippen LogP contribution in [0.4, 0.5) is 17.6 Å². The van der Waals surface area contributed by atoms with Crippen molar-refractivity contribution in [3.8, 4) is 11.6 Å². The van der Waals surface area contributed by atoms with Gasteiger partial charge < -0.3 is 14.9 Å². The van der Waals surface area contributed by atoms with Crippen molar-refractivity contribution < 1.29 is 32.5 Å². The smallest absolute Gasteiger partial charge is 0.503 e. The summed E-state index contributed by atoms with van der Waals surface area (Å²) in [5.41, 5.74) is -0.519. The maximum atomic E-state index is 12.3. The second-order valence-corrected chi connectivity index (χ2v) is 2.76. The van der Waals surface area contributed by atoms with Crippen LogP contribution >= 0.6 is 0 Å². The summed E-state index contributed by atoms with van der Waals surface area (Å²) < 4.78 is 51.2. The molecule has 1 heterocycles. The van der Waals surface area contributed by atoms with Crippen LogP contribution in [-0.4, -0.2) is 21.6 Å². The van der Waals surface area contributed by atoms with Gasteiger partial charge in [-0.1, -0.05) is 0 Å². The SMILES string of the molecule is OCc1cc(O)c(OC(F)(F)F)nc1CF. The number of rotatable bonds is 3. The van der Waals surface area contributed by atoms with Gasteiger partial charge in [0.15, 0.2) is 5.75 Å². The van der Waals surface area contributed by atoms with Gasteiger partial charge in [-0.05, 0) is 6.07 Å². The number of ether oxygens (including phenoxy) is 1. The second kappa shape index (κ2) is 4.52. The molecule has 0 spiro atoms. The summed E-state index contributed by atoms with van der Waals surface area (Å²) >= 11 is 0. The Morgan fingerprint density at radius 3 is 2.44 bits per heavy atom. The Bertz CT molecular complexity index is 380. The summed E-state index contributed by atoms with van der Waals surface area (Å²) in [6.45, 7) is -1.82. The maximum Gasteiger partial charge on any atom is 0.574 e. The van der Waals surface area contributed by atoms with Crippen molar-refractivity contribution in [3.05, 3.63) is 17.3 Å². The van der Waals surface area contributed by atoms with Crippen molar-refractivity contribution in [2.45, 2.75) is 19.6 Å². The Morgan fingerprint density at radius 1 is 1.38 bits per heavy atom. The van der Waals surface area contributed by atoms with Crippen molar-refractivity contribution in [1.29, 1.82) is 0 Å². The van der Waals surface area contributed by atoms with E-state index in [0.29, 0.717) is 0 Å². The standard InChI is InChI=1S/C8H7F4NO3/c9-2-5-4(3-14)1-6(15)7(13-5)16-8(10,11)12/h1,14-15H,2-3H2. The van der Waals surface area contributed by atoms with Gasteiger partial charge in [0.2, 0.25) is 0 Å². The first-order chi connectivity index (χ1) is 7.37. The zero-order valence-electron chi connectivity index (χ0n) is 7.75. The average molecular weight is 241 g/mol. The molecule has 0 aromatic carbocycles. The molecule has 0 aliphatic heterocycles. The molecule has 90 valence electrons. The van der Waals surface area contributed by atoms with Crippen LogP contribution in [0.25, 0.3) is 0 Å². The van der Waals surface area contributed by atoms with Gasteiger partial charge in [0.1, 0.15) is 6.67 Å². The number of hydrogen-bond donors (Lipinski definition) is 2. The third kappa shape index (κ3) is 2.96. The van der Waals surface area contributed by atoms with E-state index in [0.717, 1.165) is 6.07 Å². The van der Waals surface area contributed by atoms with Crippen LogP contribution in [-0.2, 0) is 13.3 Å². The van der Waals surface area contributed by atoms with Crippen LogP contribution in [0.2, 0.25) is 0 Å². The van der Waals surface area contributed by atoms with Gasteiger partial charge in [-0.25, -0.2) is 9.37 Å². The lowest BCUT2D eigenvalue weighted by molar-refractivity contribution is -0.276. The molecule has 1 aromatic heterocycles. The van der Waals surface area contributed by atoms with Crippen LogP contribution < -0.4 is 4.74 Å². The van der Waals surface area contributed by atoms with Gasteiger partial charge >= 0.3 is 6.36 Å². The predicted molar refractivity (Wildman–Crippen MR) is 43.3 cm³/mol. The molecular formula is C8H7F4NO3. The summed E-state index contributed by atoms with van der Waals surface area (Å²) in [5, 5.41) is 17.8. The Balaban J connectivity index is 3.11. The molecule has 0 fully saturated rings. The molecule has 0 saturated heterocycles. The molecule has 0 bridgehead atoms. The number of hydrogen-bond acceptors (Lipinski definition) is 4. The predicted octanol–water partition coefficient (Wildman–Crippen LogP) is 1.65. The number of alkyl halides is 4. The van der Waals surface area contributed by atoms with Gasteiger partial charge in [0.05, 0.1) is 12.3 Å². The molecule has 0 amide bonds. The molecular weight excluding hydrogens is 234 g/mol. The molecule has 2 N–H and O–H groups in total. The lowest BCUT2D eigenvalue weighted by Gasteiger charge is -2.11. The van der Waals surface area contributed by atoms with E-state index in [1.165, 1.54) is 0 Å². The highest BCUT2D eigenvalue weighted by Crippen LogP contribution is 2.31. The van der Waals surface area contributed by atoms with Gasteiger partial charge in [0.25, 0.3) is 5.88 Å². The lowest BCUT2D eigenvalue weighted by atomic mass is 10.2. The van der Waals surface area contributed by atoms with Crippen LogP contribution in [0.3, 0.4) is 0 Å². The summed E-state index contributed by atoms with van der Waals surface area (Å²) in [7, 11) is 0. The number of aliphatic hydroxyl groups is 1. The summed E-state index contributed by atoms with van der Waals surface area (Å²) in [6.07, 6.45) is -5.03. The topological polar surface area (TPSA) is 62.6 Å². The van der Waals surface area contributed by atoms with Crippen molar-refractivity contribution in [1.82, 2.24) is 4.98 Å². The molecule has 0 aliphatic carbocycles. The molecule has 0 radical (unpaired) electrons. The van der Waals surface area contributed by atoms with Crippen molar-refractivity contribution in [2.24, 2.45) is 0 Å². The Labute approximate surface area is 87.1 Å². The van der Waals surface area contributed by atoms with E-state index < -0.39 is 37.0 Å². The molecule has 1 aromatic rings. The zero-order chi connectivity index (χ0) is 12.3. The molecule has 1 rings (SSSR count). The van der Waals surface area contributed by atoms with Gasteiger partial charge in [0, 0.05) is 5.56 Å². The third-order valence-corrected chi connectivity index (χ3v) is 1.65.